The highest BCUT2D eigenvalue weighted by Crippen LogP contribution is 2.36. The number of anilines is 2. The van der Waals surface area contributed by atoms with Crippen LogP contribution < -0.4 is 25.0 Å². The predicted molar refractivity (Wildman–Crippen MR) is 262 cm³/mol. The van der Waals surface area contributed by atoms with Crippen molar-refractivity contribution < 1.29 is 42.9 Å². The number of aliphatic hydroxyl groups is 1. The van der Waals surface area contributed by atoms with E-state index in [0.717, 1.165) is 68.7 Å². The largest absolute Gasteiger partial charge is 0.495 e. The van der Waals surface area contributed by atoms with E-state index in [-0.39, 0.29) is 55.5 Å². The molecule has 4 N–H and O–H groups in total. The van der Waals surface area contributed by atoms with Crippen LogP contribution in [0.5, 0.6) is 11.5 Å². The number of imide groups is 1. The van der Waals surface area contributed by atoms with Gasteiger partial charge in [0, 0.05) is 92.6 Å². The summed E-state index contributed by atoms with van der Waals surface area (Å²) in [4.78, 5) is 70.8. The molecule has 9 rings (SSSR count). The molecule has 2 aromatic heterocycles. The van der Waals surface area contributed by atoms with E-state index in [9.17, 15) is 24.3 Å². The van der Waals surface area contributed by atoms with Crippen LogP contribution in [0, 0.1) is 24.6 Å². The Morgan fingerprint density at radius 3 is 2.40 bits per heavy atom. The molecule has 70 heavy (non-hydrogen) atoms. The minimum Gasteiger partial charge on any atom is -0.495 e. The van der Waals surface area contributed by atoms with Gasteiger partial charge in [-0.2, -0.15) is 0 Å². The third-order valence-electron chi connectivity index (χ3n) is 14.0. The maximum absolute atomic E-state index is 15.2. The number of nitrogens with zero attached hydrogens (tertiary/aromatic N) is 6. The second kappa shape index (κ2) is 21.2. The fraction of sp³-hybridized carbons (Fsp3) is 0.462. The summed E-state index contributed by atoms with van der Waals surface area (Å²) in [5, 5.41) is 16.5. The SMILES string of the molecule is COc1ccc(C(=O)N2CCC(OCCN3CCC(Oc4ccc(-c5cc6c(-c7cc(F)cc(NC(=O)N8C[C@H](CC(C)C)[C@@H](O)C8)c7C)ncnc6[nH]5)cc4)CC3)CC2)cc1N1CCC(=O)NC1=O. The van der Waals surface area contributed by atoms with E-state index in [0.29, 0.717) is 82.7 Å². The molecule has 0 aliphatic carbocycles. The van der Waals surface area contributed by atoms with Gasteiger partial charge in [-0.1, -0.05) is 13.8 Å². The standard InChI is InChI=1S/C52H62FN9O8/c1-31(2)23-35-28-61(29-45(35)63)51(66)57-42-26-36(53)25-40(32(42)3)48-41-27-43(56-49(41)55-30-54-48)33-5-8-38(9-6-33)70-39-11-16-59(17-12-39)21-22-69-37-13-18-60(19-14-37)50(65)34-7-10-46(68-4)44(24-34)62-20-15-47(64)58-52(62)67/h5-10,24-27,30-31,35,37,39,45,63H,11-23,28-29H2,1-4H3,(H,57,66)(H,54,55,56)(H,58,64,67)/t35-,45-/m0/s1. The summed E-state index contributed by atoms with van der Waals surface area (Å²) in [7, 11) is 1.50. The normalized spacial score (nSPS) is 19.6. The zero-order valence-corrected chi connectivity index (χ0v) is 40.2. The summed E-state index contributed by atoms with van der Waals surface area (Å²) in [5.74, 6) is 0.679. The average Bonchev–Trinajstić information content (AvgIpc) is 3.96. The van der Waals surface area contributed by atoms with E-state index in [1.807, 2.05) is 42.2 Å². The quantitative estimate of drug-likeness (QED) is 0.0877. The van der Waals surface area contributed by atoms with Gasteiger partial charge in [0.2, 0.25) is 5.91 Å². The molecule has 4 fully saturated rings. The van der Waals surface area contributed by atoms with Gasteiger partial charge in [-0.05, 0) is 117 Å². The number of amides is 6. The van der Waals surface area contributed by atoms with Crippen molar-refractivity contribution in [2.45, 2.75) is 77.6 Å². The second-order valence-electron chi connectivity index (χ2n) is 19.3. The molecular formula is C52H62FN9O8. The Kier molecular flexibility index (Phi) is 14.6. The molecule has 17 nitrogen and oxygen atoms in total. The Morgan fingerprint density at radius 1 is 0.914 bits per heavy atom. The van der Waals surface area contributed by atoms with Crippen molar-refractivity contribution in [2.24, 2.45) is 11.8 Å². The number of β-amino-alcohol motifs (C(OH)–C–C–N with tert-alkyl or cyclic N) is 1. The molecule has 2 atom stereocenters. The first-order chi connectivity index (χ1) is 33.8. The monoisotopic (exact) mass is 959 g/mol. The van der Waals surface area contributed by atoms with Crippen LogP contribution in [0.15, 0.2) is 67.0 Å². The Bertz CT molecular complexity index is 2720. The van der Waals surface area contributed by atoms with Crippen LogP contribution >= 0.6 is 0 Å². The van der Waals surface area contributed by atoms with Crippen molar-refractivity contribution in [2.75, 3.05) is 76.3 Å². The van der Waals surface area contributed by atoms with E-state index in [1.165, 1.54) is 30.5 Å². The Labute approximate surface area is 406 Å². The van der Waals surface area contributed by atoms with Gasteiger partial charge in [0.1, 0.15) is 35.4 Å². The summed E-state index contributed by atoms with van der Waals surface area (Å²) in [6, 6.07) is 16.8. The minimum atomic E-state index is -0.591. The smallest absolute Gasteiger partial charge is 0.328 e. The minimum absolute atomic E-state index is 0.00418. The number of aromatic nitrogens is 3. The number of rotatable bonds is 14. The number of hydrogen-bond acceptors (Lipinski definition) is 11. The number of carbonyl (C=O) groups excluding carboxylic acids is 4. The van der Waals surface area contributed by atoms with Crippen LogP contribution in [-0.2, 0) is 9.53 Å². The molecule has 5 aromatic rings. The maximum Gasteiger partial charge on any atom is 0.328 e. The van der Waals surface area contributed by atoms with Crippen molar-refractivity contribution in [1.82, 2.24) is 35.0 Å². The van der Waals surface area contributed by atoms with Crippen LogP contribution in [0.3, 0.4) is 0 Å². The number of benzene rings is 3. The van der Waals surface area contributed by atoms with E-state index in [1.54, 1.807) is 23.1 Å². The molecule has 4 saturated heterocycles. The summed E-state index contributed by atoms with van der Waals surface area (Å²) in [6.07, 6.45) is 5.26. The first-order valence-corrected chi connectivity index (χ1v) is 24.4. The van der Waals surface area contributed by atoms with Gasteiger partial charge in [0.05, 0.1) is 37.3 Å². The van der Waals surface area contributed by atoms with Crippen LogP contribution in [-0.4, -0.2) is 143 Å². The van der Waals surface area contributed by atoms with Crippen LogP contribution in [0.25, 0.3) is 33.5 Å². The van der Waals surface area contributed by atoms with E-state index < -0.39 is 18.0 Å². The molecule has 0 spiro atoms. The first-order valence-electron chi connectivity index (χ1n) is 24.4. The molecule has 6 amide bonds. The molecule has 4 aliphatic heterocycles. The van der Waals surface area contributed by atoms with E-state index in [4.69, 9.17) is 14.2 Å². The number of urea groups is 2. The number of aliphatic hydroxyl groups excluding tert-OH is 1. The summed E-state index contributed by atoms with van der Waals surface area (Å²) in [5.41, 5.74) is 5.33. The fourth-order valence-electron chi connectivity index (χ4n) is 10.2. The number of piperidine rings is 2. The zero-order valence-electron chi connectivity index (χ0n) is 40.2. The van der Waals surface area contributed by atoms with Crippen LogP contribution in [0.4, 0.5) is 25.4 Å². The van der Waals surface area contributed by atoms with Crippen molar-refractivity contribution in [3.05, 3.63) is 83.9 Å². The van der Waals surface area contributed by atoms with Gasteiger partial charge in [0.15, 0.2) is 0 Å². The summed E-state index contributed by atoms with van der Waals surface area (Å²) in [6.45, 7) is 11.3. The number of hydrogen-bond donors (Lipinski definition) is 4. The highest BCUT2D eigenvalue weighted by Gasteiger charge is 2.35. The number of likely N-dealkylation sites (tertiary alicyclic amines) is 3. The average molecular weight is 960 g/mol. The summed E-state index contributed by atoms with van der Waals surface area (Å²) < 4.78 is 33.4. The molecular weight excluding hydrogens is 898 g/mol. The third-order valence-corrected chi connectivity index (χ3v) is 14.0. The highest BCUT2D eigenvalue weighted by molar-refractivity contribution is 6.07. The van der Waals surface area contributed by atoms with Gasteiger partial charge in [-0.25, -0.2) is 23.9 Å². The van der Waals surface area contributed by atoms with E-state index in [2.05, 4.69) is 44.3 Å². The Hall–Kier alpha value is -6.63. The molecule has 18 heteroatoms. The number of fused-ring (bicyclic) bond motifs is 1. The molecule has 4 aliphatic rings. The molecule has 370 valence electrons. The molecule has 0 bridgehead atoms. The van der Waals surface area contributed by atoms with Crippen LogP contribution in [0.2, 0.25) is 0 Å². The number of aromatic amines is 1. The van der Waals surface area contributed by atoms with Crippen LogP contribution in [0.1, 0.15) is 68.3 Å². The second-order valence-corrected chi connectivity index (χ2v) is 19.3. The number of nitrogens with one attached hydrogen (secondary N) is 3. The van der Waals surface area contributed by atoms with Gasteiger partial charge in [0.25, 0.3) is 5.91 Å². The van der Waals surface area contributed by atoms with Gasteiger partial charge in [-0.15, -0.1) is 0 Å². The number of halogens is 1. The number of carbonyl (C=O) groups is 4. The third kappa shape index (κ3) is 10.9. The Balaban J connectivity index is 0.730. The lowest BCUT2D eigenvalue weighted by molar-refractivity contribution is -0.120. The summed E-state index contributed by atoms with van der Waals surface area (Å²) >= 11 is 0. The van der Waals surface area contributed by atoms with E-state index >= 15 is 4.39 Å². The van der Waals surface area contributed by atoms with Crippen molar-refractivity contribution in [3.8, 4) is 34.0 Å². The predicted octanol–water partition coefficient (Wildman–Crippen LogP) is 7.23. The molecule has 0 unspecified atom stereocenters. The molecule has 3 aromatic carbocycles. The first kappa shape index (κ1) is 48.4. The molecule has 0 saturated carbocycles. The lowest BCUT2D eigenvalue weighted by Crippen LogP contribution is -2.49. The van der Waals surface area contributed by atoms with Gasteiger partial charge < -0.3 is 44.3 Å². The van der Waals surface area contributed by atoms with Crippen molar-refractivity contribution >= 4 is 46.3 Å². The lowest BCUT2D eigenvalue weighted by atomic mass is 9.95. The number of methoxy groups -OCH3 is 1. The van der Waals surface area contributed by atoms with Gasteiger partial charge in [-0.3, -0.25) is 19.8 Å². The maximum atomic E-state index is 15.2. The number of H-pyrrole nitrogens is 1. The van der Waals surface area contributed by atoms with Crippen molar-refractivity contribution in [3.63, 3.8) is 0 Å². The molecule has 6 heterocycles. The zero-order chi connectivity index (χ0) is 49.1. The Morgan fingerprint density at radius 2 is 1.67 bits per heavy atom. The topological polar surface area (TPSA) is 195 Å². The fourth-order valence-corrected chi connectivity index (χ4v) is 10.2. The lowest BCUT2D eigenvalue weighted by Gasteiger charge is -2.34. The number of ether oxygens (including phenoxy) is 3. The highest BCUT2D eigenvalue weighted by atomic mass is 19.1. The van der Waals surface area contributed by atoms with Crippen molar-refractivity contribution in [1.29, 1.82) is 0 Å². The molecule has 0 radical (unpaired) electrons. The van der Waals surface area contributed by atoms with Gasteiger partial charge >= 0.3 is 12.1 Å².